The SMILES string of the molecule is CCOc1cc(C=C2C(=O)NN(c3ccccc3)C2=O)c(Br)c(Cl)c1OC(C)CC. The maximum absolute atomic E-state index is 12.8. The molecule has 0 radical (unpaired) electrons. The first-order valence-corrected chi connectivity index (χ1v) is 10.8. The molecular weight excluding hydrogens is 472 g/mol. The van der Waals surface area contributed by atoms with E-state index in [-0.39, 0.29) is 11.7 Å². The summed E-state index contributed by atoms with van der Waals surface area (Å²) in [6.45, 7) is 6.21. The topological polar surface area (TPSA) is 67.9 Å². The van der Waals surface area contributed by atoms with Gasteiger partial charge in [-0.05, 0) is 66.0 Å². The van der Waals surface area contributed by atoms with Gasteiger partial charge in [-0.25, -0.2) is 5.01 Å². The van der Waals surface area contributed by atoms with E-state index in [2.05, 4.69) is 21.4 Å². The van der Waals surface area contributed by atoms with Crippen LogP contribution in [0.3, 0.4) is 0 Å². The summed E-state index contributed by atoms with van der Waals surface area (Å²) >= 11 is 10.0. The first-order valence-electron chi connectivity index (χ1n) is 9.60. The summed E-state index contributed by atoms with van der Waals surface area (Å²) in [5, 5.41) is 1.53. The number of hydrogen-bond acceptors (Lipinski definition) is 4. The van der Waals surface area contributed by atoms with Gasteiger partial charge in [-0.15, -0.1) is 0 Å². The summed E-state index contributed by atoms with van der Waals surface area (Å²) in [4.78, 5) is 25.3. The lowest BCUT2D eigenvalue weighted by molar-refractivity contribution is -0.117. The zero-order valence-corrected chi connectivity index (χ0v) is 19.2. The average Bonchev–Trinajstić information content (AvgIpc) is 3.03. The molecule has 158 valence electrons. The second-order valence-corrected chi connectivity index (χ2v) is 7.84. The highest BCUT2D eigenvalue weighted by Crippen LogP contribution is 2.44. The van der Waals surface area contributed by atoms with Gasteiger partial charge in [0.1, 0.15) is 10.6 Å². The van der Waals surface area contributed by atoms with Gasteiger partial charge in [0.25, 0.3) is 11.8 Å². The lowest BCUT2D eigenvalue weighted by Gasteiger charge is -2.19. The van der Waals surface area contributed by atoms with Crippen molar-refractivity contribution in [1.82, 2.24) is 5.43 Å². The van der Waals surface area contributed by atoms with E-state index < -0.39 is 11.8 Å². The third kappa shape index (κ3) is 4.47. The first kappa shape index (κ1) is 22.2. The van der Waals surface area contributed by atoms with Crippen molar-refractivity contribution in [1.29, 1.82) is 0 Å². The number of halogens is 2. The first-order chi connectivity index (χ1) is 14.4. The molecular formula is C22H22BrClN2O4. The number of rotatable bonds is 7. The van der Waals surface area contributed by atoms with Crippen molar-refractivity contribution in [3.05, 3.63) is 57.0 Å². The smallest absolute Gasteiger partial charge is 0.282 e. The number of benzene rings is 2. The van der Waals surface area contributed by atoms with Crippen LogP contribution >= 0.6 is 27.5 Å². The molecule has 8 heteroatoms. The van der Waals surface area contributed by atoms with Gasteiger partial charge in [-0.3, -0.25) is 15.0 Å². The van der Waals surface area contributed by atoms with E-state index in [1.54, 1.807) is 30.3 Å². The maximum Gasteiger partial charge on any atom is 0.282 e. The van der Waals surface area contributed by atoms with Gasteiger partial charge >= 0.3 is 0 Å². The summed E-state index contributed by atoms with van der Waals surface area (Å²) in [5.41, 5.74) is 3.68. The molecule has 3 rings (SSSR count). The maximum atomic E-state index is 12.8. The second kappa shape index (κ2) is 9.53. The second-order valence-electron chi connectivity index (χ2n) is 6.67. The molecule has 2 aromatic carbocycles. The summed E-state index contributed by atoms with van der Waals surface area (Å²) in [6.07, 6.45) is 2.24. The molecule has 1 aliphatic rings. The fraction of sp³-hybridized carbons (Fsp3) is 0.273. The Kier molecular flexibility index (Phi) is 7.05. The van der Waals surface area contributed by atoms with Crippen molar-refractivity contribution in [2.45, 2.75) is 33.3 Å². The molecule has 2 aromatic rings. The number of amides is 2. The van der Waals surface area contributed by atoms with Crippen molar-refractivity contribution >= 4 is 51.1 Å². The van der Waals surface area contributed by atoms with Crippen LogP contribution in [0, 0.1) is 0 Å². The minimum atomic E-state index is -0.496. The molecule has 0 saturated carbocycles. The van der Waals surface area contributed by atoms with Gasteiger partial charge in [0, 0.05) is 4.47 Å². The molecule has 6 nitrogen and oxygen atoms in total. The van der Waals surface area contributed by atoms with Crippen LogP contribution in [-0.4, -0.2) is 24.5 Å². The molecule has 1 heterocycles. The standard InChI is InChI=1S/C22H22BrClN2O4/c1-4-13(3)30-20-17(29-5-2)12-14(18(23)19(20)24)11-16-21(27)25-26(22(16)28)15-9-7-6-8-10-15/h6-13H,4-5H2,1-3H3,(H,25,27). The summed E-state index contributed by atoms with van der Waals surface area (Å²) < 4.78 is 12.2. The highest BCUT2D eigenvalue weighted by molar-refractivity contribution is 9.10. The third-order valence-corrected chi connectivity index (χ3v) is 6.00. The molecule has 1 unspecified atom stereocenters. The normalized spacial score (nSPS) is 16.0. The van der Waals surface area contributed by atoms with Crippen LogP contribution in [-0.2, 0) is 9.59 Å². The van der Waals surface area contributed by atoms with Crippen molar-refractivity contribution in [2.75, 3.05) is 11.6 Å². The molecule has 2 amide bonds. The Morgan fingerprint density at radius 3 is 2.57 bits per heavy atom. The van der Waals surface area contributed by atoms with Crippen molar-refractivity contribution in [2.24, 2.45) is 0 Å². The van der Waals surface area contributed by atoms with Crippen molar-refractivity contribution < 1.29 is 19.1 Å². The number of hydrazine groups is 1. The molecule has 30 heavy (non-hydrogen) atoms. The third-order valence-electron chi connectivity index (χ3n) is 4.56. The molecule has 1 saturated heterocycles. The average molecular weight is 494 g/mol. The van der Waals surface area contributed by atoms with Crippen molar-refractivity contribution in [3.8, 4) is 11.5 Å². The molecule has 0 bridgehead atoms. The van der Waals surface area contributed by atoms with Crippen LogP contribution < -0.4 is 19.9 Å². The fourth-order valence-electron chi connectivity index (χ4n) is 2.84. The van der Waals surface area contributed by atoms with Crippen LogP contribution in [0.15, 0.2) is 46.4 Å². The Hall–Kier alpha value is -2.51. The Balaban J connectivity index is 2.02. The fourth-order valence-corrected chi connectivity index (χ4v) is 3.49. The number of carbonyl (C=O) groups excluding carboxylic acids is 2. The van der Waals surface area contributed by atoms with E-state index in [0.29, 0.717) is 38.9 Å². The lowest BCUT2D eigenvalue weighted by atomic mass is 10.1. The van der Waals surface area contributed by atoms with Gasteiger partial charge in [0.05, 0.1) is 18.4 Å². The zero-order valence-electron chi connectivity index (χ0n) is 16.9. The molecule has 1 fully saturated rings. The number of hydrogen-bond donors (Lipinski definition) is 1. The molecule has 0 aliphatic carbocycles. The van der Waals surface area contributed by atoms with Gasteiger partial charge in [-0.1, -0.05) is 36.7 Å². The Labute approximate surface area is 188 Å². The molecule has 0 aromatic heterocycles. The van der Waals surface area contributed by atoms with Crippen LogP contribution in [0.2, 0.25) is 5.02 Å². The van der Waals surface area contributed by atoms with Crippen LogP contribution in [0.4, 0.5) is 5.69 Å². The van der Waals surface area contributed by atoms with E-state index >= 15 is 0 Å². The number of nitrogens with zero attached hydrogens (tertiary/aromatic N) is 1. The van der Waals surface area contributed by atoms with Gasteiger partial charge in [0.15, 0.2) is 11.5 Å². The van der Waals surface area contributed by atoms with Crippen LogP contribution in [0.5, 0.6) is 11.5 Å². The summed E-state index contributed by atoms with van der Waals surface area (Å²) in [5.74, 6) is -0.0736. The highest BCUT2D eigenvalue weighted by atomic mass is 79.9. The molecule has 1 N–H and O–H groups in total. The summed E-state index contributed by atoms with van der Waals surface area (Å²) in [6, 6.07) is 10.6. The molecule has 1 aliphatic heterocycles. The quantitative estimate of drug-likeness (QED) is 0.428. The van der Waals surface area contributed by atoms with Crippen LogP contribution in [0.1, 0.15) is 32.8 Å². The Bertz CT molecular complexity index is 994. The number of nitrogens with one attached hydrogen (secondary N) is 1. The van der Waals surface area contributed by atoms with Gasteiger partial charge in [-0.2, -0.15) is 0 Å². The van der Waals surface area contributed by atoms with E-state index in [1.165, 1.54) is 11.1 Å². The number of para-hydroxylation sites is 1. The minimum Gasteiger partial charge on any atom is -0.490 e. The highest BCUT2D eigenvalue weighted by Gasteiger charge is 2.34. The molecule has 0 spiro atoms. The van der Waals surface area contributed by atoms with Crippen LogP contribution in [0.25, 0.3) is 6.08 Å². The van der Waals surface area contributed by atoms with E-state index in [1.807, 2.05) is 26.8 Å². The Morgan fingerprint density at radius 2 is 1.93 bits per heavy atom. The van der Waals surface area contributed by atoms with Crippen molar-refractivity contribution in [3.63, 3.8) is 0 Å². The predicted molar refractivity (Wildman–Crippen MR) is 121 cm³/mol. The number of anilines is 1. The molecule has 1 atom stereocenters. The zero-order chi connectivity index (χ0) is 21.8. The van der Waals surface area contributed by atoms with Gasteiger partial charge in [0.2, 0.25) is 0 Å². The number of carbonyl (C=O) groups is 2. The van der Waals surface area contributed by atoms with E-state index in [4.69, 9.17) is 21.1 Å². The van der Waals surface area contributed by atoms with E-state index in [0.717, 1.165) is 6.42 Å². The predicted octanol–water partition coefficient (Wildman–Crippen LogP) is 5.14. The van der Waals surface area contributed by atoms with E-state index in [9.17, 15) is 9.59 Å². The Morgan fingerprint density at radius 1 is 1.23 bits per heavy atom. The minimum absolute atomic E-state index is 0.00587. The lowest BCUT2D eigenvalue weighted by Crippen LogP contribution is -2.35. The van der Waals surface area contributed by atoms with Gasteiger partial charge < -0.3 is 9.47 Å². The monoisotopic (exact) mass is 492 g/mol. The number of ether oxygens (including phenoxy) is 2. The largest absolute Gasteiger partial charge is 0.490 e. The summed E-state index contributed by atoms with van der Waals surface area (Å²) in [7, 11) is 0.